The number of hydrogen-bond donors (Lipinski definition) is 0. The van der Waals surface area contributed by atoms with Crippen LogP contribution in [0.4, 0.5) is 23.2 Å². The van der Waals surface area contributed by atoms with Gasteiger partial charge in [0.15, 0.2) is 5.15 Å². The lowest BCUT2D eigenvalue weighted by molar-refractivity contribution is -0.170. The highest BCUT2D eigenvalue weighted by molar-refractivity contribution is 6.33. The van der Waals surface area contributed by atoms with Crippen LogP contribution in [0.2, 0.25) is 5.15 Å². The number of halogens is 5. The normalized spacial score (nSPS) is 12.1. The Kier molecular flexibility index (Phi) is 3.40. The van der Waals surface area contributed by atoms with Crippen molar-refractivity contribution in [2.24, 2.45) is 0 Å². The van der Waals surface area contributed by atoms with Gasteiger partial charge in [0.25, 0.3) is 0 Å². The predicted molar refractivity (Wildman–Crippen MR) is 74.9 cm³/mol. The van der Waals surface area contributed by atoms with E-state index in [4.69, 9.17) is 11.6 Å². The van der Waals surface area contributed by atoms with Crippen LogP contribution >= 0.6 is 11.6 Å². The second kappa shape index (κ2) is 5.05. The maximum atomic E-state index is 14.1. The molecular weight excluding hydrogens is 340 g/mol. The van der Waals surface area contributed by atoms with Crippen molar-refractivity contribution in [3.05, 3.63) is 35.6 Å². The minimum absolute atomic E-state index is 0.0712. The summed E-state index contributed by atoms with van der Waals surface area (Å²) in [6, 6.07) is 2.00. The summed E-state index contributed by atoms with van der Waals surface area (Å²) >= 11 is 5.93. The van der Waals surface area contributed by atoms with Gasteiger partial charge in [-0.2, -0.15) is 13.2 Å². The number of amides is 1. The molecule has 0 radical (unpaired) electrons. The van der Waals surface area contributed by atoms with Crippen molar-refractivity contribution >= 4 is 39.7 Å². The SMILES string of the molecule is CN(C(=O)C(F)(F)F)c1cc2c(cc1F)nc(Cl)c1cncn12. The fourth-order valence-corrected chi connectivity index (χ4v) is 2.41. The number of rotatable bonds is 1. The van der Waals surface area contributed by atoms with E-state index in [9.17, 15) is 22.4 Å². The number of alkyl halides is 3. The number of imidazole rings is 1. The third-order valence-corrected chi connectivity index (χ3v) is 3.56. The van der Waals surface area contributed by atoms with Crippen LogP contribution in [0, 0.1) is 5.82 Å². The van der Waals surface area contributed by atoms with Crippen molar-refractivity contribution in [2.75, 3.05) is 11.9 Å². The average molecular weight is 347 g/mol. The first-order valence-electron chi connectivity index (χ1n) is 6.16. The Balaban J connectivity index is 2.25. The van der Waals surface area contributed by atoms with E-state index in [0.717, 1.165) is 19.2 Å². The van der Waals surface area contributed by atoms with Gasteiger partial charge < -0.3 is 4.90 Å². The molecule has 0 N–H and O–H groups in total. The Bertz CT molecular complexity index is 937. The molecule has 0 bridgehead atoms. The van der Waals surface area contributed by atoms with Crippen LogP contribution in [0.15, 0.2) is 24.7 Å². The van der Waals surface area contributed by atoms with E-state index < -0.39 is 23.6 Å². The summed E-state index contributed by atoms with van der Waals surface area (Å²) in [6.45, 7) is 0. The first kappa shape index (κ1) is 15.5. The highest BCUT2D eigenvalue weighted by Crippen LogP contribution is 2.30. The highest BCUT2D eigenvalue weighted by atomic mass is 35.5. The fourth-order valence-electron chi connectivity index (χ4n) is 2.18. The minimum atomic E-state index is -5.11. The first-order valence-corrected chi connectivity index (χ1v) is 6.53. The number of hydrogen-bond acceptors (Lipinski definition) is 3. The van der Waals surface area contributed by atoms with Gasteiger partial charge in [-0.1, -0.05) is 11.6 Å². The van der Waals surface area contributed by atoms with Crippen molar-refractivity contribution in [3.63, 3.8) is 0 Å². The number of carbonyl (C=O) groups is 1. The molecule has 2 heterocycles. The Morgan fingerprint density at radius 3 is 2.65 bits per heavy atom. The Morgan fingerprint density at radius 2 is 2.00 bits per heavy atom. The fraction of sp³-hybridized carbons (Fsp3) is 0.154. The molecular formula is C13H7ClF4N4O. The van der Waals surface area contributed by atoms with Crippen LogP contribution in [0.1, 0.15) is 0 Å². The molecule has 0 spiro atoms. The van der Waals surface area contributed by atoms with Crippen LogP contribution in [-0.2, 0) is 4.79 Å². The molecule has 3 rings (SSSR count). The second-order valence-electron chi connectivity index (χ2n) is 4.71. The van der Waals surface area contributed by atoms with Gasteiger partial charge in [-0.05, 0) is 6.07 Å². The molecule has 5 nitrogen and oxygen atoms in total. The van der Waals surface area contributed by atoms with Crippen molar-refractivity contribution < 1.29 is 22.4 Å². The lowest BCUT2D eigenvalue weighted by atomic mass is 10.2. The Hall–Kier alpha value is -2.42. The zero-order chi connectivity index (χ0) is 16.9. The topological polar surface area (TPSA) is 50.5 Å². The van der Waals surface area contributed by atoms with E-state index in [-0.39, 0.29) is 21.1 Å². The quantitative estimate of drug-likeness (QED) is 0.636. The third kappa shape index (κ3) is 2.46. The first-order chi connectivity index (χ1) is 10.7. The molecule has 1 amide bonds. The van der Waals surface area contributed by atoms with Gasteiger partial charge in [-0.25, -0.2) is 14.4 Å². The largest absolute Gasteiger partial charge is 0.471 e. The maximum absolute atomic E-state index is 14.1. The molecule has 0 saturated heterocycles. The highest BCUT2D eigenvalue weighted by Gasteiger charge is 2.42. The lowest BCUT2D eigenvalue weighted by Gasteiger charge is -2.20. The van der Waals surface area contributed by atoms with Gasteiger partial charge in [0.05, 0.1) is 29.2 Å². The van der Waals surface area contributed by atoms with E-state index in [0.29, 0.717) is 5.52 Å². The number of nitrogens with zero attached hydrogens (tertiary/aromatic N) is 4. The van der Waals surface area contributed by atoms with Gasteiger partial charge in [-0.15, -0.1) is 0 Å². The van der Waals surface area contributed by atoms with E-state index in [1.54, 1.807) is 0 Å². The minimum Gasteiger partial charge on any atom is -0.305 e. The van der Waals surface area contributed by atoms with Gasteiger partial charge in [0.2, 0.25) is 0 Å². The smallest absolute Gasteiger partial charge is 0.305 e. The van der Waals surface area contributed by atoms with Crippen LogP contribution in [0.5, 0.6) is 0 Å². The molecule has 0 atom stereocenters. The Morgan fingerprint density at radius 1 is 1.30 bits per heavy atom. The summed E-state index contributed by atoms with van der Waals surface area (Å²) in [5.74, 6) is -3.21. The predicted octanol–water partition coefficient (Wildman–Crippen LogP) is 3.20. The van der Waals surface area contributed by atoms with Crippen molar-refractivity contribution in [3.8, 4) is 0 Å². The molecule has 2 aromatic heterocycles. The summed E-state index contributed by atoms with van der Waals surface area (Å²) in [6.07, 6.45) is -2.35. The molecule has 0 aliphatic rings. The number of anilines is 1. The zero-order valence-corrected chi connectivity index (χ0v) is 12.2. The van der Waals surface area contributed by atoms with E-state index >= 15 is 0 Å². The lowest BCUT2D eigenvalue weighted by Crippen LogP contribution is -2.38. The summed E-state index contributed by atoms with van der Waals surface area (Å²) < 4.78 is 53.1. The van der Waals surface area contributed by atoms with Gasteiger partial charge in [-0.3, -0.25) is 9.20 Å². The molecule has 3 aromatic rings. The number of benzene rings is 1. The number of carbonyl (C=O) groups excluding carboxylic acids is 1. The van der Waals surface area contributed by atoms with E-state index in [1.807, 2.05) is 0 Å². The van der Waals surface area contributed by atoms with Crippen LogP contribution in [0.3, 0.4) is 0 Å². The molecule has 10 heteroatoms. The summed E-state index contributed by atoms with van der Waals surface area (Å²) in [4.78, 5) is 19.3. The molecule has 0 aliphatic heterocycles. The van der Waals surface area contributed by atoms with Gasteiger partial charge >= 0.3 is 12.1 Å². The third-order valence-electron chi connectivity index (χ3n) is 3.28. The van der Waals surface area contributed by atoms with Crippen LogP contribution in [0.25, 0.3) is 16.6 Å². The van der Waals surface area contributed by atoms with Gasteiger partial charge in [0, 0.05) is 13.1 Å². The second-order valence-corrected chi connectivity index (χ2v) is 5.06. The van der Waals surface area contributed by atoms with Crippen LogP contribution < -0.4 is 4.90 Å². The molecule has 1 aromatic carbocycles. The van der Waals surface area contributed by atoms with E-state index in [2.05, 4.69) is 9.97 Å². The molecule has 0 aliphatic carbocycles. The summed E-state index contributed by atoms with van der Waals surface area (Å²) in [5, 5.41) is 0.0712. The summed E-state index contributed by atoms with van der Waals surface area (Å²) in [5.41, 5.74) is 0.259. The summed E-state index contributed by atoms with van der Waals surface area (Å²) in [7, 11) is 0.842. The van der Waals surface area contributed by atoms with Crippen molar-refractivity contribution in [2.45, 2.75) is 6.18 Å². The van der Waals surface area contributed by atoms with Crippen molar-refractivity contribution in [1.82, 2.24) is 14.4 Å². The number of aromatic nitrogens is 3. The van der Waals surface area contributed by atoms with Crippen LogP contribution in [-0.4, -0.2) is 33.5 Å². The average Bonchev–Trinajstić information content (AvgIpc) is 2.94. The standard InChI is InChI=1S/C13H7ClF4N4O/c1-21(12(23)13(16,17)18)8-3-9-7(2-6(8)15)20-11(14)10-4-19-5-22(9)10/h2-5H,1H3. The molecule has 0 fully saturated rings. The monoisotopic (exact) mass is 346 g/mol. The Labute approximate surface area is 131 Å². The molecule has 120 valence electrons. The molecule has 0 saturated carbocycles. The van der Waals surface area contributed by atoms with Crippen molar-refractivity contribution in [1.29, 1.82) is 0 Å². The molecule has 0 unspecified atom stereocenters. The van der Waals surface area contributed by atoms with E-state index in [1.165, 1.54) is 16.9 Å². The number of fused-ring (bicyclic) bond motifs is 3. The maximum Gasteiger partial charge on any atom is 0.471 e. The molecule has 23 heavy (non-hydrogen) atoms. The van der Waals surface area contributed by atoms with Gasteiger partial charge in [0.1, 0.15) is 11.3 Å². The zero-order valence-electron chi connectivity index (χ0n) is 11.4.